The Kier molecular flexibility index (Phi) is 4.38. The molecule has 0 radical (unpaired) electrons. The van der Waals surface area contributed by atoms with E-state index in [2.05, 4.69) is 12.1 Å². The maximum Gasteiger partial charge on any atom is 0.119 e. The summed E-state index contributed by atoms with van der Waals surface area (Å²) in [5, 5.41) is 0. The third-order valence-electron chi connectivity index (χ3n) is 1.99. The molecule has 2 N–H and O–H groups in total. The second-order valence-electron chi connectivity index (χ2n) is 3.09. The van der Waals surface area contributed by atoms with Crippen LogP contribution in [0.15, 0.2) is 60.7 Å². The predicted octanol–water partition coefficient (Wildman–Crippen LogP) is 2.44. The zero-order chi connectivity index (χ0) is 9.64. The van der Waals surface area contributed by atoms with E-state index in [1.807, 2.05) is 48.5 Å². The maximum atomic E-state index is 5.59. The summed E-state index contributed by atoms with van der Waals surface area (Å²) in [7, 11) is 0. The van der Waals surface area contributed by atoms with Crippen molar-refractivity contribution in [2.45, 2.75) is 6.61 Å². The van der Waals surface area contributed by atoms with Crippen molar-refractivity contribution in [2.75, 3.05) is 0 Å². The van der Waals surface area contributed by atoms with E-state index in [0.717, 1.165) is 5.75 Å². The van der Waals surface area contributed by atoms with Crippen LogP contribution in [0.1, 0.15) is 5.56 Å². The summed E-state index contributed by atoms with van der Waals surface area (Å²) >= 11 is 0. The lowest BCUT2D eigenvalue weighted by atomic mass is 10.2. The fourth-order valence-electron chi connectivity index (χ4n) is 1.26. The van der Waals surface area contributed by atoms with Crippen LogP contribution in [-0.2, 0) is 6.61 Å². The van der Waals surface area contributed by atoms with Gasteiger partial charge in [-0.1, -0.05) is 48.5 Å². The van der Waals surface area contributed by atoms with Crippen molar-refractivity contribution in [1.82, 2.24) is 0 Å². The number of benzene rings is 2. The smallest absolute Gasteiger partial charge is 0.119 e. The van der Waals surface area contributed by atoms with E-state index in [9.17, 15) is 0 Å². The minimum atomic E-state index is 0. The molecule has 0 saturated carbocycles. The first kappa shape index (κ1) is 11.3. The average Bonchev–Trinajstić information content (AvgIpc) is 2.29. The van der Waals surface area contributed by atoms with Crippen LogP contribution in [0.3, 0.4) is 0 Å². The van der Waals surface area contributed by atoms with Gasteiger partial charge in [-0.3, -0.25) is 0 Å². The molecule has 0 heterocycles. The van der Waals surface area contributed by atoms with Crippen molar-refractivity contribution in [2.24, 2.45) is 0 Å². The van der Waals surface area contributed by atoms with Gasteiger partial charge in [-0.15, -0.1) is 0 Å². The molecule has 2 aromatic carbocycles. The normalized spacial score (nSPS) is 9.07. The van der Waals surface area contributed by atoms with Crippen LogP contribution in [0.2, 0.25) is 0 Å². The zero-order valence-corrected chi connectivity index (χ0v) is 8.39. The van der Waals surface area contributed by atoms with E-state index in [1.165, 1.54) is 5.56 Å². The molecule has 0 fully saturated rings. The first-order chi connectivity index (χ1) is 6.95. The molecule has 0 unspecified atom stereocenters. The highest BCUT2D eigenvalue weighted by molar-refractivity contribution is 5.22. The summed E-state index contributed by atoms with van der Waals surface area (Å²) in [4.78, 5) is 0. The number of rotatable bonds is 3. The first-order valence-corrected chi connectivity index (χ1v) is 4.67. The Morgan fingerprint density at radius 2 is 1.27 bits per heavy atom. The molecule has 0 aliphatic carbocycles. The molecule has 0 atom stereocenters. The number of hydrogen-bond acceptors (Lipinski definition) is 1. The maximum absolute atomic E-state index is 5.59. The molecule has 2 rings (SSSR count). The summed E-state index contributed by atoms with van der Waals surface area (Å²) in [5.41, 5.74) is 1.19. The van der Waals surface area contributed by atoms with Crippen LogP contribution in [0.5, 0.6) is 5.75 Å². The Morgan fingerprint density at radius 3 is 1.87 bits per heavy atom. The summed E-state index contributed by atoms with van der Waals surface area (Å²) in [6.45, 7) is 0.630. The quantitative estimate of drug-likeness (QED) is 0.753. The third kappa shape index (κ3) is 3.44. The Labute approximate surface area is 89.4 Å². The lowest BCUT2D eigenvalue weighted by Gasteiger charge is -2.05. The van der Waals surface area contributed by atoms with Crippen LogP contribution in [-0.4, -0.2) is 5.48 Å². The van der Waals surface area contributed by atoms with Gasteiger partial charge in [-0.25, -0.2) is 0 Å². The van der Waals surface area contributed by atoms with Crippen LogP contribution in [0.4, 0.5) is 0 Å². The number of ether oxygens (including phenoxy) is 1. The molecule has 0 saturated heterocycles. The Bertz CT molecular complexity index is 331. The highest BCUT2D eigenvalue weighted by Gasteiger charge is 1.92. The molecular formula is C13H14O2. The second kappa shape index (κ2) is 5.83. The lowest BCUT2D eigenvalue weighted by Crippen LogP contribution is -1.94. The number of hydrogen-bond donors (Lipinski definition) is 0. The largest absolute Gasteiger partial charge is 0.489 e. The van der Waals surface area contributed by atoms with E-state index in [4.69, 9.17) is 4.74 Å². The third-order valence-corrected chi connectivity index (χ3v) is 1.99. The molecule has 0 spiro atoms. The fourth-order valence-corrected chi connectivity index (χ4v) is 1.26. The van der Waals surface area contributed by atoms with Gasteiger partial charge in [0.1, 0.15) is 12.4 Å². The monoisotopic (exact) mass is 202 g/mol. The molecule has 0 aliphatic heterocycles. The van der Waals surface area contributed by atoms with E-state index in [0.29, 0.717) is 6.61 Å². The van der Waals surface area contributed by atoms with Gasteiger partial charge in [0.2, 0.25) is 0 Å². The lowest BCUT2D eigenvalue weighted by molar-refractivity contribution is 0.306. The van der Waals surface area contributed by atoms with Crippen LogP contribution >= 0.6 is 0 Å². The van der Waals surface area contributed by atoms with Gasteiger partial charge in [0.15, 0.2) is 0 Å². The minimum Gasteiger partial charge on any atom is -0.489 e. The topological polar surface area (TPSA) is 40.7 Å². The first-order valence-electron chi connectivity index (χ1n) is 4.67. The van der Waals surface area contributed by atoms with Gasteiger partial charge in [0.25, 0.3) is 0 Å². The molecule has 2 nitrogen and oxygen atoms in total. The molecule has 78 valence electrons. The van der Waals surface area contributed by atoms with Crippen molar-refractivity contribution in [3.63, 3.8) is 0 Å². The molecule has 2 aromatic rings. The molecule has 15 heavy (non-hydrogen) atoms. The molecule has 0 amide bonds. The van der Waals surface area contributed by atoms with Gasteiger partial charge in [-0.05, 0) is 17.7 Å². The second-order valence-corrected chi connectivity index (χ2v) is 3.09. The highest BCUT2D eigenvalue weighted by Crippen LogP contribution is 2.10. The van der Waals surface area contributed by atoms with E-state index in [1.54, 1.807) is 0 Å². The van der Waals surface area contributed by atoms with Crippen molar-refractivity contribution >= 4 is 0 Å². The average molecular weight is 202 g/mol. The summed E-state index contributed by atoms with van der Waals surface area (Å²) in [5.74, 6) is 0.913. The molecule has 0 aromatic heterocycles. The minimum absolute atomic E-state index is 0. The fraction of sp³-hybridized carbons (Fsp3) is 0.0769. The van der Waals surface area contributed by atoms with Crippen molar-refractivity contribution in [1.29, 1.82) is 0 Å². The van der Waals surface area contributed by atoms with Gasteiger partial charge in [-0.2, -0.15) is 0 Å². The molecule has 0 aliphatic rings. The summed E-state index contributed by atoms with van der Waals surface area (Å²) < 4.78 is 5.59. The van der Waals surface area contributed by atoms with Crippen molar-refractivity contribution in [3.05, 3.63) is 66.2 Å². The van der Waals surface area contributed by atoms with E-state index in [-0.39, 0.29) is 5.48 Å². The SMILES string of the molecule is O.c1ccc(COc2ccccc2)cc1. The molecule has 0 bridgehead atoms. The van der Waals surface area contributed by atoms with Gasteiger partial charge < -0.3 is 10.2 Å². The molecule has 2 heteroatoms. The Balaban J connectivity index is 0.00000112. The van der Waals surface area contributed by atoms with E-state index >= 15 is 0 Å². The zero-order valence-electron chi connectivity index (χ0n) is 8.39. The van der Waals surface area contributed by atoms with Gasteiger partial charge in [0.05, 0.1) is 0 Å². The summed E-state index contributed by atoms with van der Waals surface area (Å²) in [6, 6.07) is 20.0. The highest BCUT2D eigenvalue weighted by atomic mass is 16.5. The number of para-hydroxylation sites is 1. The van der Waals surface area contributed by atoms with Gasteiger partial charge in [0, 0.05) is 0 Å². The van der Waals surface area contributed by atoms with E-state index < -0.39 is 0 Å². The van der Waals surface area contributed by atoms with Crippen molar-refractivity contribution < 1.29 is 10.2 Å². The predicted molar refractivity (Wildman–Crippen MR) is 60.8 cm³/mol. The standard InChI is InChI=1S/C13H12O.H2O/c1-3-7-12(8-4-1)11-14-13-9-5-2-6-10-13;/h1-10H,11H2;1H2. The Morgan fingerprint density at radius 1 is 0.733 bits per heavy atom. The summed E-state index contributed by atoms with van der Waals surface area (Å²) in [6.07, 6.45) is 0. The van der Waals surface area contributed by atoms with Crippen LogP contribution < -0.4 is 4.74 Å². The van der Waals surface area contributed by atoms with Crippen LogP contribution in [0.25, 0.3) is 0 Å². The Hall–Kier alpha value is -1.80. The molecular weight excluding hydrogens is 188 g/mol. The van der Waals surface area contributed by atoms with Crippen molar-refractivity contribution in [3.8, 4) is 5.75 Å². The van der Waals surface area contributed by atoms with Gasteiger partial charge >= 0.3 is 0 Å². The van der Waals surface area contributed by atoms with Crippen LogP contribution in [0, 0.1) is 0 Å².